The van der Waals surface area contributed by atoms with Crippen LogP contribution in [-0.4, -0.2) is 37.0 Å². The molecule has 0 bridgehead atoms. The summed E-state index contributed by atoms with van der Waals surface area (Å²) in [5, 5.41) is 12.8. The highest BCUT2D eigenvalue weighted by atomic mass is 16.5. The quantitative estimate of drug-likeness (QED) is 0.621. The van der Waals surface area contributed by atoms with Crippen LogP contribution in [0.2, 0.25) is 0 Å². The lowest BCUT2D eigenvalue weighted by molar-refractivity contribution is 0.0446. The topological polar surface area (TPSA) is 41.5 Å². The molecule has 0 spiro atoms. The van der Waals surface area contributed by atoms with Gasteiger partial charge < -0.3 is 15.2 Å². The van der Waals surface area contributed by atoms with E-state index in [0.29, 0.717) is 12.5 Å². The van der Waals surface area contributed by atoms with Crippen molar-refractivity contribution in [1.82, 2.24) is 5.32 Å². The van der Waals surface area contributed by atoms with Gasteiger partial charge in [0.05, 0.1) is 18.8 Å². The lowest BCUT2D eigenvalue weighted by Crippen LogP contribution is -2.53. The van der Waals surface area contributed by atoms with E-state index in [9.17, 15) is 5.11 Å². The van der Waals surface area contributed by atoms with Gasteiger partial charge in [-0.25, -0.2) is 0 Å². The molecule has 1 unspecified atom stereocenters. The van der Waals surface area contributed by atoms with Gasteiger partial charge in [0.25, 0.3) is 0 Å². The number of nitrogens with one attached hydrogen (secondary N) is 1. The molecule has 1 atom stereocenters. The van der Waals surface area contributed by atoms with E-state index >= 15 is 0 Å². The molecule has 0 aromatic rings. The summed E-state index contributed by atoms with van der Waals surface area (Å²) in [4.78, 5) is 0. The average molecular weight is 171 g/mol. The van der Waals surface area contributed by atoms with E-state index in [1.165, 1.54) is 12.8 Å². The lowest BCUT2D eigenvalue weighted by atomic mass is 9.95. The molecule has 12 heavy (non-hydrogen) atoms. The molecular weight excluding hydrogens is 154 g/mol. The van der Waals surface area contributed by atoms with Crippen LogP contribution in [0.25, 0.3) is 0 Å². The van der Waals surface area contributed by atoms with Gasteiger partial charge in [0.1, 0.15) is 0 Å². The summed E-state index contributed by atoms with van der Waals surface area (Å²) in [5.74, 6) is 0.653. The maximum absolute atomic E-state index is 9.33. The third-order valence-electron chi connectivity index (χ3n) is 2.94. The van der Waals surface area contributed by atoms with Gasteiger partial charge >= 0.3 is 0 Å². The second kappa shape index (κ2) is 3.32. The van der Waals surface area contributed by atoms with E-state index in [1.54, 1.807) is 0 Å². The maximum Gasteiger partial charge on any atom is 0.0679 e. The van der Waals surface area contributed by atoms with Gasteiger partial charge in [-0.15, -0.1) is 0 Å². The molecule has 2 N–H and O–H groups in total. The highest BCUT2D eigenvalue weighted by Gasteiger charge is 2.45. The molecule has 1 aliphatic carbocycles. The average Bonchev–Trinajstić information content (AvgIpc) is 2.92. The minimum Gasteiger partial charge on any atom is -0.394 e. The fraction of sp³-hybridized carbons (Fsp3) is 1.00. The minimum atomic E-state index is -0.101. The largest absolute Gasteiger partial charge is 0.394 e. The van der Waals surface area contributed by atoms with Crippen molar-refractivity contribution < 1.29 is 9.84 Å². The zero-order valence-electron chi connectivity index (χ0n) is 7.38. The number of hydrogen-bond donors (Lipinski definition) is 2. The molecule has 1 saturated carbocycles. The van der Waals surface area contributed by atoms with Crippen molar-refractivity contribution in [3.8, 4) is 0 Å². The van der Waals surface area contributed by atoms with Gasteiger partial charge in [-0.05, 0) is 31.7 Å². The molecule has 0 amide bonds. The normalized spacial score (nSPS) is 37.8. The van der Waals surface area contributed by atoms with E-state index in [-0.39, 0.29) is 12.1 Å². The standard InChI is InChI=1S/C9H17NO2/c11-6-9(8-2-3-8)7-12-5-1-4-10-9/h8,10-11H,1-7H2. The molecule has 0 aromatic carbocycles. The third-order valence-corrected chi connectivity index (χ3v) is 2.94. The summed E-state index contributed by atoms with van der Waals surface area (Å²) in [6.07, 6.45) is 3.56. The molecule has 1 aliphatic heterocycles. The Balaban J connectivity index is 2.01. The summed E-state index contributed by atoms with van der Waals surface area (Å²) < 4.78 is 5.48. The molecule has 1 heterocycles. The van der Waals surface area contributed by atoms with Gasteiger partial charge in [0.2, 0.25) is 0 Å². The molecular formula is C9H17NO2. The SMILES string of the molecule is OCC1(C2CC2)COCCCN1. The molecule has 2 aliphatic rings. The maximum atomic E-state index is 9.33. The second-order valence-corrected chi connectivity index (χ2v) is 3.92. The summed E-state index contributed by atoms with van der Waals surface area (Å²) in [5.41, 5.74) is -0.101. The number of hydrogen-bond acceptors (Lipinski definition) is 3. The van der Waals surface area contributed by atoms with Gasteiger partial charge in [-0.1, -0.05) is 0 Å². The Kier molecular flexibility index (Phi) is 2.35. The zero-order chi connectivity index (χ0) is 8.44. The van der Waals surface area contributed by atoms with Gasteiger partial charge in [-0.3, -0.25) is 0 Å². The van der Waals surface area contributed by atoms with Crippen LogP contribution < -0.4 is 5.32 Å². The fourth-order valence-electron chi connectivity index (χ4n) is 1.95. The van der Waals surface area contributed by atoms with Crippen LogP contribution in [-0.2, 0) is 4.74 Å². The van der Waals surface area contributed by atoms with Crippen LogP contribution in [0.4, 0.5) is 0 Å². The third kappa shape index (κ3) is 1.49. The van der Waals surface area contributed by atoms with Crippen molar-refractivity contribution in [2.24, 2.45) is 5.92 Å². The van der Waals surface area contributed by atoms with Crippen LogP contribution in [0.3, 0.4) is 0 Å². The van der Waals surface area contributed by atoms with E-state index < -0.39 is 0 Å². The predicted molar refractivity (Wildman–Crippen MR) is 46.0 cm³/mol. The summed E-state index contributed by atoms with van der Waals surface area (Å²) in [6, 6.07) is 0. The summed E-state index contributed by atoms with van der Waals surface area (Å²) in [6.45, 7) is 2.73. The minimum absolute atomic E-state index is 0.101. The van der Waals surface area contributed by atoms with Crippen LogP contribution in [0.1, 0.15) is 19.3 Å². The first-order valence-electron chi connectivity index (χ1n) is 4.81. The first-order chi connectivity index (χ1) is 5.87. The van der Waals surface area contributed by atoms with Crippen LogP contribution in [0.5, 0.6) is 0 Å². The first kappa shape index (κ1) is 8.48. The Hall–Kier alpha value is -0.120. The molecule has 3 heteroatoms. The Morgan fingerprint density at radius 3 is 3.00 bits per heavy atom. The van der Waals surface area contributed by atoms with Crippen molar-refractivity contribution in [1.29, 1.82) is 0 Å². The Morgan fingerprint density at radius 2 is 2.33 bits per heavy atom. The van der Waals surface area contributed by atoms with Crippen molar-refractivity contribution >= 4 is 0 Å². The second-order valence-electron chi connectivity index (χ2n) is 3.92. The first-order valence-corrected chi connectivity index (χ1v) is 4.81. The summed E-state index contributed by atoms with van der Waals surface area (Å²) in [7, 11) is 0. The van der Waals surface area contributed by atoms with Gasteiger partial charge in [0.15, 0.2) is 0 Å². The Labute approximate surface area is 73.1 Å². The Bertz CT molecular complexity index is 149. The molecule has 1 saturated heterocycles. The molecule has 0 aromatic heterocycles. The molecule has 0 radical (unpaired) electrons. The molecule has 3 nitrogen and oxygen atoms in total. The van der Waals surface area contributed by atoms with Crippen LogP contribution >= 0.6 is 0 Å². The molecule has 2 fully saturated rings. The van der Waals surface area contributed by atoms with E-state index in [4.69, 9.17) is 4.74 Å². The zero-order valence-corrected chi connectivity index (χ0v) is 7.38. The van der Waals surface area contributed by atoms with Crippen molar-refractivity contribution in [2.75, 3.05) is 26.4 Å². The molecule has 2 rings (SSSR count). The Morgan fingerprint density at radius 1 is 1.50 bits per heavy atom. The fourth-order valence-corrected chi connectivity index (χ4v) is 1.95. The van der Waals surface area contributed by atoms with Gasteiger partial charge in [0, 0.05) is 6.61 Å². The van der Waals surface area contributed by atoms with Crippen molar-refractivity contribution in [3.05, 3.63) is 0 Å². The summed E-state index contributed by atoms with van der Waals surface area (Å²) >= 11 is 0. The molecule has 70 valence electrons. The monoisotopic (exact) mass is 171 g/mol. The number of aliphatic hydroxyl groups is 1. The van der Waals surface area contributed by atoms with Crippen LogP contribution in [0.15, 0.2) is 0 Å². The van der Waals surface area contributed by atoms with E-state index in [1.807, 2.05) is 0 Å². The van der Waals surface area contributed by atoms with E-state index in [0.717, 1.165) is 19.6 Å². The highest BCUT2D eigenvalue weighted by Crippen LogP contribution is 2.40. The van der Waals surface area contributed by atoms with Gasteiger partial charge in [-0.2, -0.15) is 0 Å². The number of rotatable bonds is 2. The predicted octanol–water partition coefficient (Wildman–Crippen LogP) is 0.137. The smallest absolute Gasteiger partial charge is 0.0679 e. The van der Waals surface area contributed by atoms with Crippen LogP contribution in [0, 0.1) is 5.92 Å². The number of aliphatic hydroxyl groups excluding tert-OH is 1. The highest BCUT2D eigenvalue weighted by molar-refractivity contribution is 5.01. The number of ether oxygens (including phenoxy) is 1. The lowest BCUT2D eigenvalue weighted by Gasteiger charge is -2.30. The van der Waals surface area contributed by atoms with E-state index in [2.05, 4.69) is 5.32 Å². The van der Waals surface area contributed by atoms with Crippen molar-refractivity contribution in [3.63, 3.8) is 0 Å². The van der Waals surface area contributed by atoms with Crippen molar-refractivity contribution in [2.45, 2.75) is 24.8 Å².